The number of amides is 1. The van der Waals surface area contributed by atoms with E-state index in [0.29, 0.717) is 6.07 Å². The van der Waals surface area contributed by atoms with E-state index in [4.69, 9.17) is 5.73 Å². The van der Waals surface area contributed by atoms with E-state index in [0.717, 1.165) is 24.1 Å². The highest BCUT2D eigenvalue weighted by Crippen LogP contribution is 2.36. The molecule has 1 amide bonds. The number of rotatable bonds is 5. The van der Waals surface area contributed by atoms with Crippen LogP contribution in [0.3, 0.4) is 0 Å². The van der Waals surface area contributed by atoms with E-state index in [-0.39, 0.29) is 21.0 Å². The molecule has 0 bridgehead atoms. The third-order valence-corrected chi connectivity index (χ3v) is 4.37. The van der Waals surface area contributed by atoms with Crippen LogP contribution < -0.4 is 10.5 Å². The molecule has 0 unspecified atom stereocenters. The van der Waals surface area contributed by atoms with Gasteiger partial charge in [-0.1, -0.05) is 11.8 Å². The van der Waals surface area contributed by atoms with Gasteiger partial charge in [0.1, 0.15) is 11.6 Å². The average molecular weight is 358 g/mol. The van der Waals surface area contributed by atoms with Crippen LogP contribution in [0.2, 0.25) is 0 Å². The van der Waals surface area contributed by atoms with E-state index in [2.05, 4.69) is 4.72 Å². The van der Waals surface area contributed by atoms with Crippen LogP contribution in [0.4, 0.5) is 14.5 Å². The molecule has 0 aliphatic rings. The second-order valence-electron chi connectivity index (χ2n) is 4.63. The summed E-state index contributed by atoms with van der Waals surface area (Å²) in [5.41, 5.74) is 5.48. The van der Waals surface area contributed by atoms with Crippen molar-refractivity contribution in [2.45, 2.75) is 9.79 Å². The molecule has 2 rings (SSSR count). The lowest BCUT2D eigenvalue weighted by Crippen LogP contribution is -2.13. The van der Waals surface area contributed by atoms with Crippen LogP contribution in [0.5, 0.6) is 0 Å². The minimum Gasteiger partial charge on any atom is -0.366 e. The topological polar surface area (TPSA) is 89.3 Å². The van der Waals surface area contributed by atoms with Crippen molar-refractivity contribution < 1.29 is 22.0 Å². The maximum Gasteiger partial charge on any atom is 0.248 e. The molecule has 23 heavy (non-hydrogen) atoms. The van der Waals surface area contributed by atoms with Gasteiger partial charge in [-0.15, -0.1) is 0 Å². The summed E-state index contributed by atoms with van der Waals surface area (Å²) in [6.45, 7) is 0. The zero-order valence-electron chi connectivity index (χ0n) is 11.8. The number of nitrogens with two attached hydrogens (primary N) is 1. The average Bonchev–Trinajstić information content (AvgIpc) is 2.41. The zero-order valence-corrected chi connectivity index (χ0v) is 13.5. The summed E-state index contributed by atoms with van der Waals surface area (Å²) in [5, 5.41) is 0. The first kappa shape index (κ1) is 17.2. The number of benzene rings is 2. The molecule has 0 aliphatic heterocycles. The fourth-order valence-electron chi connectivity index (χ4n) is 1.72. The fourth-order valence-corrected chi connectivity index (χ4v) is 3.31. The molecular formula is C14H12F2N2O3S2. The Morgan fingerprint density at radius 1 is 1.13 bits per heavy atom. The van der Waals surface area contributed by atoms with E-state index >= 15 is 0 Å². The lowest BCUT2D eigenvalue weighted by Gasteiger charge is -2.12. The quantitative estimate of drug-likeness (QED) is 0.860. The molecule has 0 spiro atoms. The van der Waals surface area contributed by atoms with Crippen LogP contribution in [0.15, 0.2) is 46.2 Å². The summed E-state index contributed by atoms with van der Waals surface area (Å²) >= 11 is 0.845. The molecule has 9 heteroatoms. The van der Waals surface area contributed by atoms with Crippen molar-refractivity contribution in [3.63, 3.8) is 0 Å². The lowest BCUT2D eigenvalue weighted by molar-refractivity contribution is 0.1000. The van der Waals surface area contributed by atoms with Crippen LogP contribution in [-0.4, -0.2) is 20.6 Å². The molecule has 0 heterocycles. The Morgan fingerprint density at radius 3 is 2.39 bits per heavy atom. The monoisotopic (exact) mass is 358 g/mol. The molecule has 0 fully saturated rings. The first-order valence-corrected chi connectivity index (χ1v) is 8.91. The smallest absolute Gasteiger partial charge is 0.248 e. The molecule has 0 atom stereocenters. The molecule has 0 saturated heterocycles. The molecule has 3 N–H and O–H groups in total. The minimum atomic E-state index is -3.58. The van der Waals surface area contributed by atoms with Gasteiger partial charge in [0, 0.05) is 21.4 Å². The highest BCUT2D eigenvalue weighted by molar-refractivity contribution is 7.99. The maximum absolute atomic E-state index is 13.8. The van der Waals surface area contributed by atoms with Gasteiger partial charge in [0.25, 0.3) is 0 Å². The Bertz CT molecular complexity index is 870. The maximum atomic E-state index is 13.8. The molecule has 0 aromatic heterocycles. The van der Waals surface area contributed by atoms with Crippen molar-refractivity contribution in [1.29, 1.82) is 0 Å². The largest absolute Gasteiger partial charge is 0.366 e. The zero-order chi connectivity index (χ0) is 17.2. The predicted molar refractivity (Wildman–Crippen MR) is 83.9 cm³/mol. The molecular weight excluding hydrogens is 346 g/mol. The van der Waals surface area contributed by atoms with E-state index in [1.807, 2.05) is 0 Å². The van der Waals surface area contributed by atoms with Gasteiger partial charge in [0.05, 0.1) is 11.9 Å². The van der Waals surface area contributed by atoms with E-state index in [1.54, 1.807) is 0 Å². The first-order chi connectivity index (χ1) is 10.7. The number of nitrogens with one attached hydrogen (secondary N) is 1. The van der Waals surface area contributed by atoms with Gasteiger partial charge in [-0.2, -0.15) is 0 Å². The van der Waals surface area contributed by atoms with Crippen molar-refractivity contribution in [2.24, 2.45) is 5.73 Å². The van der Waals surface area contributed by atoms with Crippen molar-refractivity contribution in [1.82, 2.24) is 0 Å². The summed E-state index contributed by atoms with van der Waals surface area (Å²) in [5.74, 6) is -2.24. The van der Waals surface area contributed by atoms with Crippen molar-refractivity contribution in [2.75, 3.05) is 11.0 Å². The van der Waals surface area contributed by atoms with Gasteiger partial charge in [-0.05, 0) is 30.3 Å². The third kappa shape index (κ3) is 4.67. The number of sulfonamides is 1. The molecule has 0 aliphatic carbocycles. The molecule has 122 valence electrons. The van der Waals surface area contributed by atoms with Gasteiger partial charge in [-0.3, -0.25) is 9.52 Å². The van der Waals surface area contributed by atoms with E-state index < -0.39 is 27.6 Å². The van der Waals surface area contributed by atoms with Crippen LogP contribution in [0, 0.1) is 11.6 Å². The lowest BCUT2D eigenvalue weighted by atomic mass is 10.2. The number of halogens is 2. The Morgan fingerprint density at radius 2 is 1.83 bits per heavy atom. The normalized spacial score (nSPS) is 11.3. The Labute approximate surface area is 135 Å². The van der Waals surface area contributed by atoms with Crippen molar-refractivity contribution in [3.8, 4) is 0 Å². The molecule has 2 aromatic rings. The summed E-state index contributed by atoms with van der Waals surface area (Å²) in [7, 11) is -3.58. The van der Waals surface area contributed by atoms with E-state index in [1.165, 1.54) is 24.3 Å². The minimum absolute atomic E-state index is 0.0737. The van der Waals surface area contributed by atoms with Crippen LogP contribution in [0.25, 0.3) is 0 Å². The SMILES string of the molecule is CS(=O)(=O)Nc1ccc(C(N)=O)cc1Sc1ccc(F)cc1F. The predicted octanol–water partition coefficient (Wildman–Crippen LogP) is 2.59. The van der Waals surface area contributed by atoms with Crippen LogP contribution >= 0.6 is 11.8 Å². The highest BCUT2D eigenvalue weighted by Gasteiger charge is 2.14. The second-order valence-corrected chi connectivity index (χ2v) is 7.46. The molecule has 5 nitrogen and oxygen atoms in total. The van der Waals surface area contributed by atoms with Gasteiger partial charge in [-0.25, -0.2) is 17.2 Å². The Kier molecular flexibility index (Phi) is 4.90. The van der Waals surface area contributed by atoms with Gasteiger partial charge in [0.2, 0.25) is 15.9 Å². The summed E-state index contributed by atoms with van der Waals surface area (Å²) in [4.78, 5) is 11.6. The van der Waals surface area contributed by atoms with Crippen molar-refractivity contribution >= 4 is 33.4 Å². The standard InChI is InChI=1S/C14H12F2N2O3S2/c1-23(20,21)18-11-4-2-8(14(17)19)6-13(11)22-12-5-3-9(15)7-10(12)16/h2-7,18H,1H3,(H2,17,19). The van der Waals surface area contributed by atoms with Gasteiger partial charge in [0.15, 0.2) is 0 Å². The Hall–Kier alpha value is -2.13. The van der Waals surface area contributed by atoms with Gasteiger partial charge < -0.3 is 5.73 Å². The molecule has 2 aromatic carbocycles. The molecule has 0 saturated carbocycles. The summed E-state index contributed by atoms with van der Waals surface area (Å²) in [6.07, 6.45) is 0.960. The second kappa shape index (κ2) is 6.55. The third-order valence-electron chi connectivity index (χ3n) is 2.68. The number of hydrogen-bond donors (Lipinski definition) is 2. The summed E-state index contributed by atoms with van der Waals surface area (Å²) < 4.78 is 51.8. The van der Waals surface area contributed by atoms with Crippen LogP contribution in [0.1, 0.15) is 10.4 Å². The molecule has 0 radical (unpaired) electrons. The van der Waals surface area contributed by atoms with Crippen LogP contribution in [-0.2, 0) is 10.0 Å². The number of anilines is 1. The number of hydrogen-bond acceptors (Lipinski definition) is 4. The van der Waals surface area contributed by atoms with Gasteiger partial charge >= 0.3 is 0 Å². The number of carbonyl (C=O) groups is 1. The van der Waals surface area contributed by atoms with Crippen molar-refractivity contribution in [3.05, 3.63) is 53.6 Å². The fraction of sp³-hybridized carbons (Fsp3) is 0.0714. The number of carbonyl (C=O) groups excluding carboxylic acids is 1. The van der Waals surface area contributed by atoms with E-state index in [9.17, 15) is 22.0 Å². The Balaban J connectivity index is 2.48. The highest BCUT2D eigenvalue weighted by atomic mass is 32.2. The first-order valence-electron chi connectivity index (χ1n) is 6.20. The summed E-state index contributed by atoms with van der Waals surface area (Å²) in [6, 6.07) is 7.04. The number of primary amides is 1.